The molecule has 1 atom stereocenters. The standard InChI is InChI=1S/C14H18BrNO/c1-4-5-6-9-16-11(2)12-7-8-14(17-3)13(15)10-12/h7-8,10-11,16H,6,9H2,1-3H3. The Morgan fingerprint density at radius 2 is 2.24 bits per heavy atom. The summed E-state index contributed by atoms with van der Waals surface area (Å²) < 4.78 is 6.19. The van der Waals surface area contributed by atoms with E-state index in [1.165, 1.54) is 5.56 Å². The molecular formula is C14H18BrNO. The smallest absolute Gasteiger partial charge is 0.133 e. The average molecular weight is 296 g/mol. The van der Waals surface area contributed by atoms with Crippen molar-refractivity contribution in [3.63, 3.8) is 0 Å². The Kier molecular flexibility index (Phi) is 6.10. The van der Waals surface area contributed by atoms with Crippen molar-refractivity contribution in [2.24, 2.45) is 0 Å². The van der Waals surface area contributed by atoms with Gasteiger partial charge in [0.15, 0.2) is 0 Å². The molecule has 1 unspecified atom stereocenters. The molecule has 2 nitrogen and oxygen atoms in total. The van der Waals surface area contributed by atoms with E-state index in [-0.39, 0.29) is 0 Å². The Hall–Kier alpha value is -0.980. The van der Waals surface area contributed by atoms with Crippen LogP contribution in [0, 0.1) is 11.8 Å². The van der Waals surface area contributed by atoms with Gasteiger partial charge in [0.05, 0.1) is 11.6 Å². The Balaban J connectivity index is 2.58. The van der Waals surface area contributed by atoms with Gasteiger partial charge >= 0.3 is 0 Å². The number of rotatable bonds is 5. The van der Waals surface area contributed by atoms with Gasteiger partial charge in [-0.3, -0.25) is 0 Å². The lowest BCUT2D eigenvalue weighted by molar-refractivity contribution is 0.411. The zero-order chi connectivity index (χ0) is 12.7. The molecule has 1 rings (SSSR count). The topological polar surface area (TPSA) is 21.3 Å². The number of ether oxygens (including phenoxy) is 1. The van der Waals surface area contributed by atoms with Crippen LogP contribution < -0.4 is 10.1 Å². The predicted octanol–water partition coefficient (Wildman–Crippen LogP) is 3.52. The molecule has 1 N–H and O–H groups in total. The minimum absolute atomic E-state index is 0.316. The van der Waals surface area contributed by atoms with E-state index in [0.717, 1.165) is 23.2 Å². The van der Waals surface area contributed by atoms with Crippen LogP contribution in [-0.4, -0.2) is 13.7 Å². The second-order valence-corrected chi connectivity index (χ2v) is 4.60. The van der Waals surface area contributed by atoms with Crippen molar-refractivity contribution in [3.05, 3.63) is 28.2 Å². The molecule has 1 aromatic carbocycles. The van der Waals surface area contributed by atoms with E-state index in [4.69, 9.17) is 4.74 Å². The third-order valence-corrected chi connectivity index (χ3v) is 3.17. The maximum atomic E-state index is 5.21. The van der Waals surface area contributed by atoms with Crippen LogP contribution in [0.25, 0.3) is 0 Å². The van der Waals surface area contributed by atoms with E-state index in [9.17, 15) is 0 Å². The average Bonchev–Trinajstić information content (AvgIpc) is 2.34. The SMILES string of the molecule is CC#CCCNC(C)c1ccc(OC)c(Br)c1. The zero-order valence-electron chi connectivity index (χ0n) is 10.5. The highest BCUT2D eigenvalue weighted by atomic mass is 79.9. The van der Waals surface area contributed by atoms with Gasteiger partial charge in [-0.05, 0) is 47.5 Å². The summed E-state index contributed by atoms with van der Waals surface area (Å²) in [5, 5.41) is 3.43. The lowest BCUT2D eigenvalue weighted by Gasteiger charge is -2.14. The molecule has 0 aliphatic carbocycles. The van der Waals surface area contributed by atoms with Gasteiger partial charge < -0.3 is 10.1 Å². The summed E-state index contributed by atoms with van der Waals surface area (Å²) in [6, 6.07) is 6.45. The highest BCUT2D eigenvalue weighted by molar-refractivity contribution is 9.10. The summed E-state index contributed by atoms with van der Waals surface area (Å²) in [4.78, 5) is 0. The monoisotopic (exact) mass is 295 g/mol. The van der Waals surface area contributed by atoms with Gasteiger partial charge in [0.25, 0.3) is 0 Å². The van der Waals surface area contributed by atoms with Crippen molar-refractivity contribution in [1.29, 1.82) is 0 Å². The fraction of sp³-hybridized carbons (Fsp3) is 0.429. The highest BCUT2D eigenvalue weighted by Gasteiger charge is 2.07. The molecule has 0 heterocycles. The maximum Gasteiger partial charge on any atom is 0.133 e. The summed E-state index contributed by atoms with van der Waals surface area (Å²) in [6.45, 7) is 4.92. The molecule has 0 aromatic heterocycles. The van der Waals surface area contributed by atoms with Gasteiger partial charge in [-0.1, -0.05) is 6.07 Å². The Morgan fingerprint density at radius 3 is 2.82 bits per heavy atom. The van der Waals surface area contributed by atoms with Crippen LogP contribution in [0.4, 0.5) is 0 Å². The van der Waals surface area contributed by atoms with Crippen LogP contribution >= 0.6 is 15.9 Å². The fourth-order valence-corrected chi connectivity index (χ4v) is 2.10. The minimum atomic E-state index is 0.316. The van der Waals surface area contributed by atoms with E-state index in [2.05, 4.69) is 52.1 Å². The van der Waals surface area contributed by atoms with E-state index < -0.39 is 0 Å². The van der Waals surface area contributed by atoms with E-state index in [1.54, 1.807) is 7.11 Å². The largest absolute Gasteiger partial charge is 0.496 e. The summed E-state index contributed by atoms with van der Waals surface area (Å²) in [6.07, 6.45) is 0.887. The lowest BCUT2D eigenvalue weighted by Crippen LogP contribution is -2.19. The molecule has 1 aromatic rings. The van der Waals surface area contributed by atoms with Crippen molar-refractivity contribution in [1.82, 2.24) is 5.32 Å². The van der Waals surface area contributed by atoms with E-state index in [1.807, 2.05) is 13.0 Å². The summed E-state index contributed by atoms with van der Waals surface area (Å²) in [5.41, 5.74) is 1.24. The number of hydrogen-bond acceptors (Lipinski definition) is 2. The molecule has 0 spiro atoms. The normalized spacial score (nSPS) is 11.5. The van der Waals surface area contributed by atoms with Gasteiger partial charge in [0.2, 0.25) is 0 Å². The van der Waals surface area contributed by atoms with Gasteiger partial charge in [0.1, 0.15) is 5.75 Å². The molecule has 17 heavy (non-hydrogen) atoms. The lowest BCUT2D eigenvalue weighted by atomic mass is 10.1. The minimum Gasteiger partial charge on any atom is -0.496 e. The Morgan fingerprint density at radius 1 is 1.47 bits per heavy atom. The highest BCUT2D eigenvalue weighted by Crippen LogP contribution is 2.27. The molecule has 0 amide bonds. The molecule has 0 aliphatic heterocycles. The Bertz CT molecular complexity index is 420. The first-order chi connectivity index (χ1) is 8.19. The third-order valence-electron chi connectivity index (χ3n) is 2.55. The van der Waals surface area contributed by atoms with E-state index in [0.29, 0.717) is 6.04 Å². The van der Waals surface area contributed by atoms with E-state index >= 15 is 0 Å². The van der Waals surface area contributed by atoms with Crippen LogP contribution in [0.2, 0.25) is 0 Å². The van der Waals surface area contributed by atoms with Crippen LogP contribution in [-0.2, 0) is 0 Å². The van der Waals surface area contributed by atoms with Crippen LogP contribution in [0.15, 0.2) is 22.7 Å². The van der Waals surface area contributed by atoms with Crippen LogP contribution in [0.1, 0.15) is 31.9 Å². The second kappa shape index (κ2) is 7.37. The van der Waals surface area contributed by atoms with Crippen LogP contribution in [0.3, 0.4) is 0 Å². The van der Waals surface area contributed by atoms with Crippen molar-refractivity contribution in [2.75, 3.05) is 13.7 Å². The third kappa shape index (κ3) is 4.41. The maximum absolute atomic E-state index is 5.21. The quantitative estimate of drug-likeness (QED) is 0.663. The molecule has 0 bridgehead atoms. The molecule has 0 saturated heterocycles. The van der Waals surface area contributed by atoms with Crippen molar-refractivity contribution >= 4 is 15.9 Å². The van der Waals surface area contributed by atoms with Gasteiger partial charge in [0, 0.05) is 19.0 Å². The first-order valence-electron chi connectivity index (χ1n) is 5.65. The number of halogens is 1. The van der Waals surface area contributed by atoms with Crippen molar-refractivity contribution < 1.29 is 4.74 Å². The Labute approximate surface area is 112 Å². The number of methoxy groups -OCH3 is 1. The molecule has 3 heteroatoms. The fourth-order valence-electron chi connectivity index (χ4n) is 1.55. The number of hydrogen-bond donors (Lipinski definition) is 1. The van der Waals surface area contributed by atoms with Gasteiger partial charge in [-0.2, -0.15) is 0 Å². The van der Waals surface area contributed by atoms with Gasteiger partial charge in [-0.15, -0.1) is 11.8 Å². The van der Waals surface area contributed by atoms with Crippen LogP contribution in [0.5, 0.6) is 5.75 Å². The predicted molar refractivity (Wildman–Crippen MR) is 75.2 cm³/mol. The molecule has 0 fully saturated rings. The molecule has 0 radical (unpaired) electrons. The molecule has 0 saturated carbocycles. The molecule has 0 aliphatic rings. The molecule has 92 valence electrons. The first-order valence-corrected chi connectivity index (χ1v) is 6.44. The number of nitrogens with one attached hydrogen (secondary N) is 1. The summed E-state index contributed by atoms with van der Waals surface area (Å²) >= 11 is 3.49. The van der Waals surface area contributed by atoms with Gasteiger partial charge in [-0.25, -0.2) is 0 Å². The van der Waals surface area contributed by atoms with Crippen molar-refractivity contribution in [3.8, 4) is 17.6 Å². The second-order valence-electron chi connectivity index (χ2n) is 3.75. The molecular weight excluding hydrogens is 278 g/mol. The van der Waals surface area contributed by atoms with Crippen molar-refractivity contribution in [2.45, 2.75) is 26.3 Å². The number of benzene rings is 1. The summed E-state index contributed by atoms with van der Waals surface area (Å²) in [5.74, 6) is 6.79. The summed E-state index contributed by atoms with van der Waals surface area (Å²) in [7, 11) is 1.67. The zero-order valence-corrected chi connectivity index (χ0v) is 12.1. The first kappa shape index (κ1) is 14.1.